The summed E-state index contributed by atoms with van der Waals surface area (Å²) >= 11 is 0. The molecule has 0 saturated heterocycles. The maximum Gasteiger partial charge on any atom is 0.359 e. The van der Waals surface area contributed by atoms with Crippen LogP contribution in [0.1, 0.15) is 16.1 Å². The molecule has 32 heavy (non-hydrogen) atoms. The maximum atomic E-state index is 12.9. The molecule has 3 aromatic rings. The summed E-state index contributed by atoms with van der Waals surface area (Å²) < 4.78 is 24.5. The van der Waals surface area contributed by atoms with E-state index in [-0.39, 0.29) is 24.7 Å². The summed E-state index contributed by atoms with van der Waals surface area (Å²) in [6.07, 6.45) is 0.511. The van der Waals surface area contributed by atoms with E-state index in [0.29, 0.717) is 18.7 Å². The number of rotatable bonds is 10. The Morgan fingerprint density at radius 1 is 1.00 bits per heavy atom. The monoisotopic (exact) mass is 439 g/mol. The zero-order valence-electron chi connectivity index (χ0n) is 17.2. The van der Waals surface area contributed by atoms with E-state index in [2.05, 4.69) is 10.4 Å². The number of nitrogens with zero attached hydrogens (tertiary/aromatic N) is 2. The number of para-hydroxylation sites is 1. The lowest BCUT2D eigenvalue weighted by Gasteiger charge is -2.09. The van der Waals surface area contributed by atoms with Crippen LogP contribution in [-0.4, -0.2) is 41.4 Å². The summed E-state index contributed by atoms with van der Waals surface area (Å²) in [5, 5.41) is 6.59. The van der Waals surface area contributed by atoms with Gasteiger partial charge in [-0.25, -0.2) is 13.9 Å². The smallest absolute Gasteiger partial charge is 0.359 e. The van der Waals surface area contributed by atoms with Gasteiger partial charge in [0.2, 0.25) is 0 Å². The first kappa shape index (κ1) is 22.7. The summed E-state index contributed by atoms with van der Waals surface area (Å²) in [5.74, 6) is -0.976. The molecule has 1 aromatic heterocycles. The van der Waals surface area contributed by atoms with Gasteiger partial charge in [0, 0.05) is 12.6 Å². The van der Waals surface area contributed by atoms with Crippen LogP contribution in [0.15, 0.2) is 71.5 Å². The van der Waals surface area contributed by atoms with E-state index in [1.54, 1.807) is 24.3 Å². The molecule has 3 rings (SSSR count). The lowest BCUT2D eigenvalue weighted by molar-refractivity contribution is -0.124. The fourth-order valence-corrected chi connectivity index (χ4v) is 2.74. The van der Waals surface area contributed by atoms with Crippen LogP contribution < -0.4 is 15.6 Å². The Balaban J connectivity index is 1.43. The lowest BCUT2D eigenvalue weighted by Crippen LogP contribution is -2.31. The molecule has 0 bridgehead atoms. The van der Waals surface area contributed by atoms with E-state index < -0.39 is 24.0 Å². The van der Waals surface area contributed by atoms with Crippen LogP contribution in [0.3, 0.4) is 0 Å². The van der Waals surface area contributed by atoms with Gasteiger partial charge < -0.3 is 14.8 Å². The zero-order chi connectivity index (χ0) is 22.8. The summed E-state index contributed by atoms with van der Waals surface area (Å²) in [4.78, 5) is 36.0. The average Bonchev–Trinajstić information content (AvgIpc) is 2.80. The Bertz CT molecular complexity index is 1100. The van der Waals surface area contributed by atoms with Crippen molar-refractivity contribution < 1.29 is 23.5 Å². The number of nitrogens with one attached hydrogen (secondary N) is 1. The fourth-order valence-electron chi connectivity index (χ4n) is 2.74. The Morgan fingerprint density at radius 3 is 2.50 bits per heavy atom. The number of hydrogen-bond acceptors (Lipinski definition) is 6. The van der Waals surface area contributed by atoms with E-state index in [1.165, 1.54) is 24.3 Å². The molecule has 0 atom stereocenters. The normalized spacial score (nSPS) is 10.4. The first-order valence-corrected chi connectivity index (χ1v) is 9.95. The molecular formula is C23H22FN3O5. The van der Waals surface area contributed by atoms with Gasteiger partial charge in [0.15, 0.2) is 12.3 Å². The molecule has 0 aliphatic carbocycles. The molecule has 0 aliphatic heterocycles. The minimum atomic E-state index is -0.823. The van der Waals surface area contributed by atoms with E-state index >= 15 is 0 Å². The number of carbonyl (C=O) groups is 2. The molecule has 0 radical (unpaired) electrons. The van der Waals surface area contributed by atoms with Gasteiger partial charge in [-0.2, -0.15) is 5.10 Å². The van der Waals surface area contributed by atoms with E-state index in [0.717, 1.165) is 10.2 Å². The minimum absolute atomic E-state index is 0.0941. The lowest BCUT2D eigenvalue weighted by atomic mass is 10.1. The molecular weight excluding hydrogens is 417 g/mol. The maximum absolute atomic E-state index is 12.9. The number of halogens is 1. The Morgan fingerprint density at radius 2 is 1.75 bits per heavy atom. The van der Waals surface area contributed by atoms with Gasteiger partial charge in [-0.15, -0.1) is 0 Å². The SMILES string of the molecule is O=C(COC(=O)c1ccc(=O)n(CCOc2ccccc2)n1)NCCc1ccc(F)cc1. The standard InChI is InChI=1S/C23H22FN3O5/c24-18-8-6-17(7-9-18)12-13-25-21(28)16-32-23(30)20-10-11-22(29)27(26-20)14-15-31-19-4-2-1-3-5-19/h1-11H,12-16H2,(H,25,28). The van der Waals surface area contributed by atoms with E-state index in [1.807, 2.05) is 18.2 Å². The van der Waals surface area contributed by atoms with Crippen molar-refractivity contribution in [3.05, 3.63) is 94.2 Å². The van der Waals surface area contributed by atoms with Gasteiger partial charge in [0.05, 0.1) is 6.54 Å². The molecule has 1 heterocycles. The molecule has 1 amide bonds. The third-order valence-corrected chi connectivity index (χ3v) is 4.37. The van der Waals surface area contributed by atoms with Crippen molar-refractivity contribution in [3.63, 3.8) is 0 Å². The summed E-state index contributed by atoms with van der Waals surface area (Å²) in [6.45, 7) is 0.150. The van der Waals surface area contributed by atoms with Crippen molar-refractivity contribution in [3.8, 4) is 5.75 Å². The Kier molecular flexibility index (Phi) is 8.08. The predicted octanol–water partition coefficient (Wildman–Crippen LogP) is 1.98. The Labute approximate surface area is 183 Å². The highest BCUT2D eigenvalue weighted by Gasteiger charge is 2.13. The highest BCUT2D eigenvalue weighted by Crippen LogP contribution is 2.08. The average molecular weight is 439 g/mol. The molecule has 2 aromatic carbocycles. The van der Waals surface area contributed by atoms with Crippen molar-refractivity contribution in [2.75, 3.05) is 19.8 Å². The van der Waals surface area contributed by atoms with E-state index in [9.17, 15) is 18.8 Å². The molecule has 8 nitrogen and oxygen atoms in total. The summed E-state index contributed by atoms with van der Waals surface area (Å²) in [6, 6.07) is 17.5. The minimum Gasteiger partial charge on any atom is -0.492 e. The van der Waals surface area contributed by atoms with Crippen molar-refractivity contribution in [1.29, 1.82) is 0 Å². The Hall–Kier alpha value is -4.01. The molecule has 0 spiro atoms. The van der Waals surface area contributed by atoms with Gasteiger partial charge in [-0.1, -0.05) is 30.3 Å². The second kappa shape index (κ2) is 11.4. The van der Waals surface area contributed by atoms with Crippen molar-refractivity contribution in [1.82, 2.24) is 15.1 Å². The number of carbonyl (C=O) groups excluding carboxylic acids is 2. The van der Waals surface area contributed by atoms with Crippen molar-refractivity contribution in [2.45, 2.75) is 13.0 Å². The highest BCUT2D eigenvalue weighted by molar-refractivity contribution is 5.89. The largest absolute Gasteiger partial charge is 0.492 e. The van der Waals surface area contributed by atoms with Gasteiger partial charge in [-0.05, 0) is 42.3 Å². The molecule has 0 saturated carbocycles. The quantitative estimate of drug-likeness (QED) is 0.485. The third kappa shape index (κ3) is 7.05. The van der Waals surface area contributed by atoms with Gasteiger partial charge >= 0.3 is 5.97 Å². The summed E-state index contributed by atoms with van der Waals surface area (Å²) in [5.41, 5.74) is 0.381. The van der Waals surface area contributed by atoms with Crippen LogP contribution >= 0.6 is 0 Å². The number of hydrogen-bond donors (Lipinski definition) is 1. The third-order valence-electron chi connectivity index (χ3n) is 4.37. The van der Waals surface area contributed by atoms with Crippen LogP contribution in [0.2, 0.25) is 0 Å². The molecule has 0 aliphatic rings. The summed E-state index contributed by atoms with van der Waals surface area (Å²) in [7, 11) is 0. The first-order valence-electron chi connectivity index (χ1n) is 9.95. The molecule has 1 N–H and O–H groups in total. The molecule has 9 heteroatoms. The van der Waals surface area contributed by atoms with Gasteiger partial charge in [0.1, 0.15) is 18.2 Å². The van der Waals surface area contributed by atoms with Crippen LogP contribution in [0.4, 0.5) is 4.39 Å². The van der Waals surface area contributed by atoms with Crippen LogP contribution in [0.25, 0.3) is 0 Å². The second-order valence-corrected chi connectivity index (χ2v) is 6.74. The topological polar surface area (TPSA) is 99.5 Å². The van der Waals surface area contributed by atoms with Crippen LogP contribution in [0, 0.1) is 5.82 Å². The van der Waals surface area contributed by atoms with Crippen LogP contribution in [-0.2, 0) is 22.5 Å². The van der Waals surface area contributed by atoms with Gasteiger partial charge in [-0.3, -0.25) is 9.59 Å². The van der Waals surface area contributed by atoms with Gasteiger partial charge in [0.25, 0.3) is 11.5 Å². The number of ether oxygens (including phenoxy) is 2. The second-order valence-electron chi connectivity index (χ2n) is 6.74. The van der Waals surface area contributed by atoms with Crippen molar-refractivity contribution in [2.24, 2.45) is 0 Å². The molecule has 166 valence electrons. The number of benzene rings is 2. The van der Waals surface area contributed by atoms with Crippen molar-refractivity contribution >= 4 is 11.9 Å². The first-order chi connectivity index (χ1) is 15.5. The predicted molar refractivity (Wildman–Crippen MR) is 114 cm³/mol. The molecule has 0 unspecified atom stereocenters. The zero-order valence-corrected chi connectivity index (χ0v) is 17.2. The molecule has 0 fully saturated rings. The fraction of sp³-hybridized carbons (Fsp3) is 0.217. The highest BCUT2D eigenvalue weighted by atomic mass is 19.1. The van der Waals surface area contributed by atoms with Crippen LogP contribution in [0.5, 0.6) is 5.75 Å². The number of aromatic nitrogens is 2. The number of esters is 1. The number of amides is 1. The van der Waals surface area contributed by atoms with E-state index in [4.69, 9.17) is 9.47 Å².